The van der Waals surface area contributed by atoms with Crippen LogP contribution in [0.15, 0.2) is 89.5 Å². The molecule has 0 radical (unpaired) electrons. The average molecular weight is 407 g/mol. The molecule has 4 rings (SSSR count). The second kappa shape index (κ2) is 7.26. The van der Waals surface area contributed by atoms with Crippen LogP contribution in [0.2, 0.25) is 0 Å². The second-order valence-electron chi connectivity index (χ2n) is 6.07. The molecule has 0 aliphatic heterocycles. The summed E-state index contributed by atoms with van der Waals surface area (Å²) in [6.07, 6.45) is 2.12. The Hall–Kier alpha value is -2.72. The molecule has 0 atom stereocenters. The molecule has 3 aromatic carbocycles. The summed E-state index contributed by atoms with van der Waals surface area (Å²) in [5.41, 5.74) is 3.50. The Bertz CT molecular complexity index is 1020. The van der Waals surface area contributed by atoms with Crippen LogP contribution >= 0.6 is 15.9 Å². The number of methoxy groups -OCH3 is 1. The van der Waals surface area contributed by atoms with Crippen molar-refractivity contribution in [1.29, 1.82) is 0 Å². The van der Waals surface area contributed by atoms with Gasteiger partial charge >= 0.3 is 0 Å². The summed E-state index contributed by atoms with van der Waals surface area (Å²) in [5.74, 6) is 0.854. The van der Waals surface area contributed by atoms with Crippen LogP contribution in [-0.4, -0.2) is 11.8 Å². The highest BCUT2D eigenvalue weighted by atomic mass is 79.9. The average Bonchev–Trinajstić information content (AvgIpc) is 3.11. The van der Waals surface area contributed by atoms with E-state index in [1.807, 2.05) is 18.2 Å². The molecule has 1 heterocycles. The van der Waals surface area contributed by atoms with Crippen molar-refractivity contribution in [2.24, 2.45) is 0 Å². The predicted octanol–water partition coefficient (Wildman–Crippen LogP) is 5.88. The van der Waals surface area contributed by atoms with Gasteiger partial charge in [0.25, 0.3) is 0 Å². The first-order valence-corrected chi connectivity index (χ1v) is 9.27. The molecule has 0 bridgehead atoms. The maximum atomic E-state index is 5.31. The molecule has 0 fully saturated rings. The van der Waals surface area contributed by atoms with Crippen LogP contribution in [0.5, 0.6) is 5.75 Å². The molecule has 0 aliphatic rings. The highest BCUT2D eigenvalue weighted by molar-refractivity contribution is 9.10. The fraction of sp³-hybridized carbons (Fsp3) is 0.0909. The molecule has 4 aromatic rings. The summed E-state index contributed by atoms with van der Waals surface area (Å²) < 4.78 is 8.63. The number of halogens is 1. The number of rotatable bonds is 5. The number of aromatic nitrogens is 1. The highest BCUT2D eigenvalue weighted by Crippen LogP contribution is 2.27. The van der Waals surface area contributed by atoms with E-state index >= 15 is 0 Å². The molecule has 0 saturated carbocycles. The topological polar surface area (TPSA) is 17.4 Å². The van der Waals surface area contributed by atoms with Crippen LogP contribution < -0.4 is 9.75 Å². The molecule has 0 unspecified atom stereocenters. The summed E-state index contributed by atoms with van der Waals surface area (Å²) in [5, 5.41) is 3.49. The third-order valence-corrected chi connectivity index (χ3v) is 5.26. The number of para-hydroxylation sites is 1. The maximum Gasteiger partial charge on any atom is 0.119 e. The minimum absolute atomic E-state index is 0.742. The maximum absolute atomic E-state index is 5.31. The highest BCUT2D eigenvalue weighted by Gasteiger charge is 2.14. The van der Waals surface area contributed by atoms with Gasteiger partial charge in [0.15, 0.2) is 0 Å². The summed E-state index contributed by atoms with van der Waals surface area (Å²) >= 11 is 3.68. The van der Waals surface area contributed by atoms with E-state index in [1.54, 1.807) is 7.11 Å². The number of hydrogen-bond donors (Lipinski definition) is 0. The first-order valence-electron chi connectivity index (χ1n) is 8.47. The van der Waals surface area contributed by atoms with Crippen LogP contribution in [0, 0.1) is 0 Å². The van der Waals surface area contributed by atoms with Gasteiger partial charge in [-0.15, -0.1) is 0 Å². The predicted molar refractivity (Wildman–Crippen MR) is 111 cm³/mol. The molecule has 4 heteroatoms. The zero-order valence-corrected chi connectivity index (χ0v) is 16.1. The number of ether oxygens (including phenoxy) is 1. The molecule has 0 amide bonds. The van der Waals surface area contributed by atoms with E-state index in [0.717, 1.165) is 22.5 Å². The number of benzene rings is 3. The van der Waals surface area contributed by atoms with Crippen molar-refractivity contribution in [1.82, 2.24) is 4.68 Å². The number of fused-ring (bicyclic) bond motifs is 1. The van der Waals surface area contributed by atoms with Crippen LogP contribution in [-0.2, 0) is 6.54 Å². The Morgan fingerprint density at radius 3 is 2.38 bits per heavy atom. The van der Waals surface area contributed by atoms with E-state index < -0.39 is 0 Å². The zero-order chi connectivity index (χ0) is 17.9. The van der Waals surface area contributed by atoms with Crippen LogP contribution in [0.1, 0.15) is 5.56 Å². The molecular weight excluding hydrogens is 388 g/mol. The van der Waals surface area contributed by atoms with Crippen molar-refractivity contribution < 1.29 is 4.74 Å². The quantitative estimate of drug-likeness (QED) is 0.411. The zero-order valence-electron chi connectivity index (χ0n) is 14.5. The van der Waals surface area contributed by atoms with Crippen molar-refractivity contribution in [3.8, 4) is 5.75 Å². The van der Waals surface area contributed by atoms with Crippen molar-refractivity contribution in [2.45, 2.75) is 6.54 Å². The van der Waals surface area contributed by atoms with E-state index in [1.165, 1.54) is 16.5 Å². The van der Waals surface area contributed by atoms with Gasteiger partial charge in [0.05, 0.1) is 24.9 Å². The lowest BCUT2D eigenvalue weighted by Crippen LogP contribution is -2.28. The Balaban J connectivity index is 1.81. The molecular formula is C22H19BrN2O. The summed E-state index contributed by atoms with van der Waals surface area (Å²) in [6.45, 7) is 0.742. The minimum atomic E-state index is 0.742. The number of anilines is 1. The normalized spacial score (nSPS) is 10.8. The van der Waals surface area contributed by atoms with Gasteiger partial charge in [-0.25, -0.2) is 0 Å². The standard InChI is InChI=1S/C22H19BrN2O/c1-26-20-12-10-19(11-13-20)25(16-18-7-2-4-8-21(18)23)24-15-14-17-6-3-5-9-22(17)24/h2-15H,16H2,1H3. The fourth-order valence-electron chi connectivity index (χ4n) is 3.11. The Kier molecular flexibility index (Phi) is 4.67. The second-order valence-corrected chi connectivity index (χ2v) is 6.92. The molecule has 0 spiro atoms. The van der Waals surface area contributed by atoms with Crippen molar-refractivity contribution in [3.63, 3.8) is 0 Å². The summed E-state index contributed by atoms with van der Waals surface area (Å²) in [6, 6.07) is 27.1. The molecule has 0 N–H and O–H groups in total. The van der Waals surface area contributed by atoms with Gasteiger partial charge < -0.3 is 4.74 Å². The summed E-state index contributed by atoms with van der Waals surface area (Å²) in [4.78, 5) is 0. The number of hydrogen-bond acceptors (Lipinski definition) is 2. The van der Waals surface area contributed by atoms with E-state index in [9.17, 15) is 0 Å². The van der Waals surface area contributed by atoms with Crippen LogP contribution in [0.25, 0.3) is 10.9 Å². The van der Waals surface area contributed by atoms with E-state index in [0.29, 0.717) is 0 Å². The van der Waals surface area contributed by atoms with Gasteiger partial charge in [0.1, 0.15) is 5.75 Å². The van der Waals surface area contributed by atoms with Crippen molar-refractivity contribution in [2.75, 3.05) is 12.1 Å². The lowest BCUT2D eigenvalue weighted by atomic mass is 10.2. The fourth-order valence-corrected chi connectivity index (χ4v) is 3.52. The molecule has 0 saturated heterocycles. The monoisotopic (exact) mass is 406 g/mol. The van der Waals surface area contributed by atoms with Gasteiger partial charge in [0, 0.05) is 16.1 Å². The molecule has 1 aromatic heterocycles. The summed E-state index contributed by atoms with van der Waals surface area (Å²) in [7, 11) is 1.69. The molecule has 130 valence electrons. The number of nitrogens with zero attached hydrogens (tertiary/aromatic N) is 2. The largest absolute Gasteiger partial charge is 0.497 e. The van der Waals surface area contributed by atoms with E-state index in [4.69, 9.17) is 4.74 Å². The molecule has 0 aliphatic carbocycles. The van der Waals surface area contributed by atoms with Gasteiger partial charge in [0.2, 0.25) is 0 Å². The lowest BCUT2D eigenvalue weighted by Gasteiger charge is -2.28. The van der Waals surface area contributed by atoms with Crippen LogP contribution in [0.3, 0.4) is 0 Å². The van der Waals surface area contributed by atoms with Gasteiger partial charge in [-0.05, 0) is 48.0 Å². The third-order valence-electron chi connectivity index (χ3n) is 4.49. The lowest BCUT2D eigenvalue weighted by molar-refractivity contribution is 0.415. The third kappa shape index (κ3) is 3.20. The van der Waals surface area contributed by atoms with Crippen LogP contribution in [0.4, 0.5) is 5.69 Å². The first kappa shape index (κ1) is 16.7. The Morgan fingerprint density at radius 2 is 1.62 bits per heavy atom. The molecule has 3 nitrogen and oxygen atoms in total. The van der Waals surface area contributed by atoms with Gasteiger partial charge in [-0.2, -0.15) is 0 Å². The Labute approximate surface area is 161 Å². The SMILES string of the molecule is COc1ccc(N(Cc2ccccc2Br)n2ccc3ccccc32)cc1. The van der Waals surface area contributed by atoms with Crippen molar-refractivity contribution >= 4 is 32.5 Å². The Morgan fingerprint density at radius 1 is 0.885 bits per heavy atom. The van der Waals surface area contributed by atoms with E-state index in [2.05, 4.69) is 92.5 Å². The van der Waals surface area contributed by atoms with Gasteiger partial charge in [-0.3, -0.25) is 9.69 Å². The minimum Gasteiger partial charge on any atom is -0.497 e. The smallest absolute Gasteiger partial charge is 0.119 e. The van der Waals surface area contributed by atoms with Crippen molar-refractivity contribution in [3.05, 3.63) is 95.1 Å². The van der Waals surface area contributed by atoms with Gasteiger partial charge in [-0.1, -0.05) is 52.3 Å². The van der Waals surface area contributed by atoms with E-state index in [-0.39, 0.29) is 0 Å². The first-order chi connectivity index (χ1) is 12.8. The molecule has 26 heavy (non-hydrogen) atoms.